The van der Waals surface area contributed by atoms with Crippen LogP contribution >= 0.6 is 0 Å². The molecule has 3 rings (SSSR count). The van der Waals surface area contributed by atoms with Crippen LogP contribution in [0.2, 0.25) is 0 Å². The van der Waals surface area contributed by atoms with Gasteiger partial charge in [-0.25, -0.2) is 4.79 Å². The SMILES string of the molecule is CCCCC[C@H](O)/C=C/[C@H]1[C@H]2CC(=O)O[C@H]2C[C@H]1OC(=O)c1ccccc1. The molecule has 2 aliphatic rings. The van der Waals surface area contributed by atoms with Crippen LogP contribution < -0.4 is 0 Å². The molecule has 1 N–H and O–H groups in total. The van der Waals surface area contributed by atoms with Gasteiger partial charge in [-0.1, -0.05) is 56.5 Å². The summed E-state index contributed by atoms with van der Waals surface area (Å²) in [6.45, 7) is 2.13. The molecule has 5 nitrogen and oxygen atoms in total. The molecule has 1 saturated heterocycles. The zero-order valence-electron chi connectivity index (χ0n) is 15.8. The summed E-state index contributed by atoms with van der Waals surface area (Å²) in [4.78, 5) is 24.1. The summed E-state index contributed by atoms with van der Waals surface area (Å²) >= 11 is 0. The average Bonchev–Trinajstić information content (AvgIpc) is 3.16. The van der Waals surface area contributed by atoms with E-state index in [1.807, 2.05) is 12.1 Å². The topological polar surface area (TPSA) is 72.8 Å². The number of hydrogen-bond donors (Lipinski definition) is 1. The molecule has 1 aliphatic heterocycles. The van der Waals surface area contributed by atoms with E-state index in [4.69, 9.17) is 9.47 Å². The molecule has 0 amide bonds. The molecule has 0 aromatic heterocycles. The van der Waals surface area contributed by atoms with Crippen LogP contribution in [0.5, 0.6) is 0 Å². The third-order valence-electron chi connectivity index (χ3n) is 5.48. The summed E-state index contributed by atoms with van der Waals surface area (Å²) in [5, 5.41) is 10.2. The summed E-state index contributed by atoms with van der Waals surface area (Å²) in [5.74, 6) is -0.673. The van der Waals surface area contributed by atoms with Gasteiger partial charge in [-0.3, -0.25) is 4.79 Å². The molecule has 0 unspecified atom stereocenters. The smallest absolute Gasteiger partial charge is 0.338 e. The van der Waals surface area contributed by atoms with Gasteiger partial charge in [0.05, 0.1) is 18.1 Å². The summed E-state index contributed by atoms with van der Waals surface area (Å²) in [6.07, 6.45) is 7.39. The predicted molar refractivity (Wildman–Crippen MR) is 101 cm³/mol. The Morgan fingerprint density at radius 1 is 1.33 bits per heavy atom. The maximum absolute atomic E-state index is 12.4. The Bertz CT molecular complexity index is 669. The van der Waals surface area contributed by atoms with E-state index >= 15 is 0 Å². The highest BCUT2D eigenvalue weighted by atomic mass is 16.6. The van der Waals surface area contributed by atoms with Gasteiger partial charge in [0.15, 0.2) is 0 Å². The van der Waals surface area contributed by atoms with Crippen LogP contribution in [0.15, 0.2) is 42.5 Å². The van der Waals surface area contributed by atoms with Crippen LogP contribution in [-0.4, -0.2) is 35.4 Å². The van der Waals surface area contributed by atoms with Crippen LogP contribution in [0.4, 0.5) is 0 Å². The number of fused-ring (bicyclic) bond motifs is 1. The Morgan fingerprint density at radius 3 is 2.85 bits per heavy atom. The van der Waals surface area contributed by atoms with Gasteiger partial charge >= 0.3 is 11.9 Å². The van der Waals surface area contributed by atoms with Gasteiger partial charge in [0.25, 0.3) is 0 Å². The fourth-order valence-electron chi connectivity index (χ4n) is 4.03. The number of rotatable bonds is 8. The lowest BCUT2D eigenvalue weighted by Crippen LogP contribution is -2.25. The lowest BCUT2D eigenvalue weighted by Gasteiger charge is -2.20. The van der Waals surface area contributed by atoms with Crippen LogP contribution in [0.1, 0.15) is 55.8 Å². The number of aliphatic hydroxyl groups is 1. The number of carbonyl (C=O) groups excluding carboxylic acids is 2. The highest BCUT2D eigenvalue weighted by Gasteiger charge is 2.50. The third kappa shape index (κ3) is 4.98. The van der Waals surface area contributed by atoms with Crippen molar-refractivity contribution in [3.05, 3.63) is 48.0 Å². The maximum Gasteiger partial charge on any atom is 0.338 e. The average molecular weight is 372 g/mol. The molecule has 0 bridgehead atoms. The van der Waals surface area contributed by atoms with Crippen LogP contribution in [0.3, 0.4) is 0 Å². The second-order valence-corrected chi connectivity index (χ2v) is 7.47. The second kappa shape index (κ2) is 9.18. The summed E-state index contributed by atoms with van der Waals surface area (Å²) in [7, 11) is 0. The lowest BCUT2D eigenvalue weighted by molar-refractivity contribution is -0.141. The van der Waals surface area contributed by atoms with Gasteiger partial charge < -0.3 is 14.6 Å². The van der Waals surface area contributed by atoms with E-state index in [-0.39, 0.29) is 36.0 Å². The van der Waals surface area contributed by atoms with Crippen molar-refractivity contribution >= 4 is 11.9 Å². The minimum atomic E-state index is -0.515. The zero-order chi connectivity index (χ0) is 19.2. The monoisotopic (exact) mass is 372 g/mol. The molecule has 27 heavy (non-hydrogen) atoms. The van der Waals surface area contributed by atoms with Crippen molar-refractivity contribution in [1.82, 2.24) is 0 Å². The molecule has 0 spiro atoms. The molecule has 0 radical (unpaired) electrons. The number of benzene rings is 1. The number of carbonyl (C=O) groups is 2. The Labute approximate surface area is 160 Å². The molecule has 2 fully saturated rings. The number of hydrogen-bond acceptors (Lipinski definition) is 5. The number of esters is 2. The Kier molecular flexibility index (Phi) is 6.67. The van der Waals surface area contributed by atoms with Gasteiger partial charge in [0, 0.05) is 18.3 Å². The van der Waals surface area contributed by atoms with Crippen molar-refractivity contribution in [3.8, 4) is 0 Å². The molecule has 5 atom stereocenters. The lowest BCUT2D eigenvalue weighted by atomic mass is 9.91. The van der Waals surface area contributed by atoms with Gasteiger partial charge in [0.2, 0.25) is 0 Å². The molecule has 1 aromatic rings. The molecule has 1 aromatic carbocycles. The van der Waals surface area contributed by atoms with Crippen LogP contribution in [0, 0.1) is 11.8 Å². The first-order chi connectivity index (χ1) is 13.1. The van der Waals surface area contributed by atoms with Gasteiger partial charge in [0.1, 0.15) is 12.2 Å². The summed E-state index contributed by atoms with van der Waals surface area (Å²) in [5.41, 5.74) is 0.508. The van der Waals surface area contributed by atoms with E-state index in [0.29, 0.717) is 18.4 Å². The maximum atomic E-state index is 12.4. The van der Waals surface area contributed by atoms with Gasteiger partial charge in [-0.2, -0.15) is 0 Å². The Balaban J connectivity index is 1.66. The first-order valence-corrected chi connectivity index (χ1v) is 9.90. The van der Waals surface area contributed by atoms with Crippen molar-refractivity contribution in [2.75, 3.05) is 0 Å². The van der Waals surface area contributed by atoms with E-state index in [9.17, 15) is 14.7 Å². The fraction of sp³-hybridized carbons (Fsp3) is 0.545. The molecule has 1 saturated carbocycles. The summed E-state index contributed by atoms with van der Waals surface area (Å²) < 4.78 is 11.1. The number of aliphatic hydroxyl groups excluding tert-OH is 1. The van der Waals surface area contributed by atoms with Gasteiger partial charge in [-0.05, 0) is 18.6 Å². The third-order valence-corrected chi connectivity index (χ3v) is 5.48. The quantitative estimate of drug-likeness (QED) is 0.428. The second-order valence-electron chi connectivity index (χ2n) is 7.47. The normalized spacial score (nSPS) is 28.1. The highest BCUT2D eigenvalue weighted by Crippen LogP contribution is 2.43. The molecular weight excluding hydrogens is 344 g/mol. The van der Waals surface area contributed by atoms with Crippen LogP contribution in [0.25, 0.3) is 0 Å². The van der Waals surface area contributed by atoms with Crippen molar-refractivity contribution in [2.24, 2.45) is 11.8 Å². The highest BCUT2D eigenvalue weighted by molar-refractivity contribution is 5.89. The molecule has 5 heteroatoms. The molecular formula is C22H28O5. The molecule has 1 aliphatic carbocycles. The minimum absolute atomic E-state index is 0.00478. The van der Waals surface area contributed by atoms with E-state index in [1.165, 1.54) is 0 Å². The van der Waals surface area contributed by atoms with Crippen LogP contribution in [-0.2, 0) is 14.3 Å². The fourth-order valence-corrected chi connectivity index (χ4v) is 4.03. The molecule has 146 valence electrons. The van der Waals surface area contributed by atoms with Gasteiger partial charge in [-0.15, -0.1) is 0 Å². The predicted octanol–water partition coefficient (Wildman–Crippen LogP) is 3.66. The standard InChI is InChI=1S/C22H28O5/c1-2-3-5-10-16(23)11-12-17-18-13-21(24)26-20(18)14-19(17)27-22(25)15-8-6-4-7-9-15/h4,6-9,11-12,16-20,23H,2-3,5,10,13-14H2,1H3/b12-11+/t16-,17-,18+,19+,20-/m0/s1. The van der Waals surface area contributed by atoms with E-state index < -0.39 is 6.10 Å². The van der Waals surface area contributed by atoms with E-state index in [1.54, 1.807) is 30.3 Å². The Hall–Kier alpha value is -2.14. The minimum Gasteiger partial charge on any atom is -0.462 e. The van der Waals surface area contributed by atoms with E-state index in [2.05, 4.69) is 6.92 Å². The van der Waals surface area contributed by atoms with E-state index in [0.717, 1.165) is 25.7 Å². The Morgan fingerprint density at radius 2 is 2.11 bits per heavy atom. The number of unbranched alkanes of at least 4 members (excludes halogenated alkanes) is 2. The number of ether oxygens (including phenoxy) is 2. The first kappa shape index (κ1) is 19.6. The molecule has 1 heterocycles. The zero-order valence-corrected chi connectivity index (χ0v) is 15.8. The van der Waals surface area contributed by atoms with Crippen molar-refractivity contribution in [3.63, 3.8) is 0 Å². The van der Waals surface area contributed by atoms with Crippen molar-refractivity contribution in [1.29, 1.82) is 0 Å². The first-order valence-electron chi connectivity index (χ1n) is 9.90. The largest absolute Gasteiger partial charge is 0.462 e. The summed E-state index contributed by atoms with van der Waals surface area (Å²) in [6, 6.07) is 8.89. The van der Waals surface area contributed by atoms with Crippen molar-refractivity contribution < 1.29 is 24.2 Å². The van der Waals surface area contributed by atoms with Crippen molar-refractivity contribution in [2.45, 2.75) is 63.8 Å².